The lowest BCUT2D eigenvalue weighted by Crippen LogP contribution is -2.41. The quantitative estimate of drug-likeness (QED) is 0.795. The molecule has 1 saturated carbocycles. The Morgan fingerprint density at radius 1 is 1.32 bits per heavy atom. The second-order valence-corrected chi connectivity index (χ2v) is 5.66. The molecule has 0 spiro atoms. The Morgan fingerprint density at radius 2 is 2.00 bits per heavy atom. The number of hydrogen-bond donors (Lipinski definition) is 2. The summed E-state index contributed by atoms with van der Waals surface area (Å²) in [6, 6.07) is 0.236. The average molecular weight is 308 g/mol. The first-order valence-electron chi connectivity index (χ1n) is 7.75. The maximum Gasteiger partial charge on any atom is 0.258 e. The van der Waals surface area contributed by atoms with E-state index in [4.69, 9.17) is 4.74 Å². The van der Waals surface area contributed by atoms with Crippen LogP contribution in [0.25, 0.3) is 0 Å². The van der Waals surface area contributed by atoms with Gasteiger partial charge in [0.15, 0.2) is 0 Å². The van der Waals surface area contributed by atoms with Gasteiger partial charge in [-0.2, -0.15) is 0 Å². The van der Waals surface area contributed by atoms with Gasteiger partial charge in [-0.25, -0.2) is 0 Å². The third-order valence-electron chi connectivity index (χ3n) is 3.86. The molecule has 0 saturated heterocycles. The van der Waals surface area contributed by atoms with Gasteiger partial charge in [0.25, 0.3) is 5.91 Å². The van der Waals surface area contributed by atoms with Crippen LogP contribution < -0.4 is 15.4 Å². The minimum atomic E-state index is -0.360. The highest BCUT2D eigenvalue weighted by atomic mass is 16.5. The summed E-state index contributed by atoms with van der Waals surface area (Å²) in [7, 11) is 3.16. The van der Waals surface area contributed by atoms with Crippen LogP contribution >= 0.6 is 0 Å². The van der Waals surface area contributed by atoms with Gasteiger partial charge in [0.1, 0.15) is 5.56 Å². The second kappa shape index (κ2) is 7.82. The first-order valence-corrected chi connectivity index (χ1v) is 7.75. The molecular formula is C15H24N4O3. The summed E-state index contributed by atoms with van der Waals surface area (Å²) >= 11 is 0. The molecule has 1 aliphatic carbocycles. The minimum absolute atomic E-state index is 0.0343. The Kier molecular flexibility index (Phi) is 5.80. The summed E-state index contributed by atoms with van der Waals surface area (Å²) in [4.78, 5) is 24.0. The van der Waals surface area contributed by atoms with Crippen molar-refractivity contribution in [3.8, 4) is 5.88 Å². The number of methoxy groups -OCH3 is 1. The number of carbonyl (C=O) groups excluding carboxylic acids is 2. The summed E-state index contributed by atoms with van der Waals surface area (Å²) in [5, 5.41) is 9.62. The van der Waals surface area contributed by atoms with Crippen LogP contribution in [0.2, 0.25) is 0 Å². The van der Waals surface area contributed by atoms with Crippen molar-refractivity contribution in [2.45, 2.75) is 44.6 Å². The van der Waals surface area contributed by atoms with Crippen molar-refractivity contribution in [3.05, 3.63) is 11.8 Å². The Bertz CT molecular complexity index is 519. The van der Waals surface area contributed by atoms with Crippen LogP contribution in [0, 0.1) is 0 Å². The van der Waals surface area contributed by atoms with Gasteiger partial charge < -0.3 is 15.4 Å². The van der Waals surface area contributed by atoms with Gasteiger partial charge in [-0.3, -0.25) is 14.3 Å². The van der Waals surface area contributed by atoms with E-state index < -0.39 is 0 Å². The van der Waals surface area contributed by atoms with Crippen molar-refractivity contribution < 1.29 is 14.3 Å². The number of nitrogens with one attached hydrogen (secondary N) is 2. The summed E-state index contributed by atoms with van der Waals surface area (Å²) in [6.45, 7) is -0.0343. The fraction of sp³-hybridized carbons (Fsp3) is 0.667. The number of nitrogens with zero attached hydrogens (tertiary/aromatic N) is 2. The molecule has 1 heterocycles. The summed E-state index contributed by atoms with van der Waals surface area (Å²) in [5.41, 5.74) is 0.326. The van der Waals surface area contributed by atoms with Crippen molar-refractivity contribution in [1.29, 1.82) is 0 Å². The molecule has 2 N–H and O–H groups in total. The van der Waals surface area contributed by atoms with Crippen molar-refractivity contribution >= 4 is 11.8 Å². The van der Waals surface area contributed by atoms with E-state index in [0.717, 1.165) is 25.7 Å². The van der Waals surface area contributed by atoms with Crippen molar-refractivity contribution in [2.75, 3.05) is 13.7 Å². The van der Waals surface area contributed by atoms with E-state index in [1.807, 2.05) is 0 Å². The molecule has 122 valence electrons. The SMILES string of the molecule is COc1nn(C)cc1C(=O)NCC(=O)NC1CCCCCC1. The maximum atomic E-state index is 12.1. The van der Waals surface area contributed by atoms with Gasteiger partial charge in [-0.05, 0) is 12.8 Å². The number of amides is 2. The van der Waals surface area contributed by atoms with E-state index in [2.05, 4.69) is 15.7 Å². The zero-order valence-corrected chi connectivity index (χ0v) is 13.2. The van der Waals surface area contributed by atoms with Crippen LogP contribution in [0.3, 0.4) is 0 Å². The molecule has 0 aliphatic heterocycles. The lowest BCUT2D eigenvalue weighted by Gasteiger charge is -2.16. The third-order valence-corrected chi connectivity index (χ3v) is 3.86. The molecule has 0 unspecified atom stereocenters. The fourth-order valence-electron chi connectivity index (χ4n) is 2.73. The van der Waals surface area contributed by atoms with E-state index in [1.165, 1.54) is 24.6 Å². The van der Waals surface area contributed by atoms with Crippen molar-refractivity contribution in [1.82, 2.24) is 20.4 Å². The van der Waals surface area contributed by atoms with Gasteiger partial charge in [-0.15, -0.1) is 5.10 Å². The molecule has 1 aromatic heterocycles. The average Bonchev–Trinajstić information content (AvgIpc) is 2.70. The lowest BCUT2D eigenvalue weighted by atomic mass is 10.1. The molecular weight excluding hydrogens is 284 g/mol. The molecule has 22 heavy (non-hydrogen) atoms. The number of aryl methyl sites for hydroxylation is 1. The molecule has 0 bridgehead atoms. The van der Waals surface area contributed by atoms with Crippen LogP contribution in [0.4, 0.5) is 0 Å². The fourth-order valence-corrected chi connectivity index (χ4v) is 2.73. The topological polar surface area (TPSA) is 85.2 Å². The summed E-state index contributed by atoms with van der Waals surface area (Å²) < 4.78 is 6.54. The van der Waals surface area contributed by atoms with E-state index >= 15 is 0 Å². The first kappa shape index (κ1) is 16.3. The molecule has 0 radical (unpaired) electrons. The monoisotopic (exact) mass is 308 g/mol. The molecule has 1 fully saturated rings. The number of ether oxygens (including phenoxy) is 1. The number of hydrogen-bond acceptors (Lipinski definition) is 4. The zero-order valence-electron chi connectivity index (χ0n) is 13.2. The Balaban J connectivity index is 1.81. The second-order valence-electron chi connectivity index (χ2n) is 5.66. The van der Waals surface area contributed by atoms with E-state index in [0.29, 0.717) is 5.56 Å². The van der Waals surface area contributed by atoms with E-state index in [9.17, 15) is 9.59 Å². The predicted molar refractivity (Wildman–Crippen MR) is 81.7 cm³/mol. The van der Waals surface area contributed by atoms with Crippen LogP contribution in [0.15, 0.2) is 6.20 Å². The smallest absolute Gasteiger partial charge is 0.258 e. The molecule has 1 aliphatic rings. The van der Waals surface area contributed by atoms with Gasteiger partial charge >= 0.3 is 0 Å². The Morgan fingerprint density at radius 3 is 2.64 bits per heavy atom. The van der Waals surface area contributed by atoms with E-state index in [1.54, 1.807) is 13.2 Å². The highest BCUT2D eigenvalue weighted by Gasteiger charge is 2.18. The van der Waals surface area contributed by atoms with Gasteiger partial charge in [0.2, 0.25) is 11.8 Å². The largest absolute Gasteiger partial charge is 0.479 e. The van der Waals surface area contributed by atoms with E-state index in [-0.39, 0.29) is 30.3 Å². The molecule has 2 amide bonds. The molecule has 7 heteroatoms. The maximum absolute atomic E-state index is 12.1. The Hall–Kier alpha value is -2.05. The van der Waals surface area contributed by atoms with Crippen molar-refractivity contribution in [3.63, 3.8) is 0 Å². The highest BCUT2D eigenvalue weighted by molar-refractivity contribution is 5.98. The van der Waals surface area contributed by atoms with Crippen LogP contribution in [-0.4, -0.2) is 41.3 Å². The minimum Gasteiger partial charge on any atom is -0.479 e. The molecule has 7 nitrogen and oxygen atoms in total. The standard InChI is InChI=1S/C15H24N4O3/c1-19-10-12(15(18-19)22-2)14(21)16-9-13(20)17-11-7-5-3-4-6-8-11/h10-11H,3-9H2,1-2H3,(H,16,21)(H,17,20). The first-order chi connectivity index (χ1) is 10.6. The lowest BCUT2D eigenvalue weighted by molar-refractivity contribution is -0.120. The van der Waals surface area contributed by atoms with Gasteiger partial charge in [-0.1, -0.05) is 25.7 Å². The molecule has 1 aromatic rings. The zero-order chi connectivity index (χ0) is 15.9. The highest BCUT2D eigenvalue weighted by Crippen LogP contribution is 2.17. The third kappa shape index (κ3) is 4.47. The van der Waals surface area contributed by atoms with Crippen LogP contribution in [0.5, 0.6) is 5.88 Å². The summed E-state index contributed by atoms with van der Waals surface area (Å²) in [6.07, 6.45) is 8.41. The molecule has 2 rings (SSSR count). The molecule has 0 atom stereocenters. The number of carbonyl (C=O) groups is 2. The normalized spacial score (nSPS) is 15.9. The molecule has 0 aromatic carbocycles. The summed E-state index contributed by atoms with van der Waals surface area (Å²) in [5.74, 6) is -0.256. The van der Waals surface area contributed by atoms with Crippen LogP contribution in [-0.2, 0) is 11.8 Å². The number of aromatic nitrogens is 2. The number of rotatable bonds is 5. The predicted octanol–water partition coefficient (Wildman–Crippen LogP) is 0.997. The van der Waals surface area contributed by atoms with Gasteiger partial charge in [0, 0.05) is 19.3 Å². The Labute approximate surface area is 130 Å². The van der Waals surface area contributed by atoms with Crippen molar-refractivity contribution in [2.24, 2.45) is 7.05 Å². The van der Waals surface area contributed by atoms with Crippen LogP contribution in [0.1, 0.15) is 48.9 Å². The van der Waals surface area contributed by atoms with Gasteiger partial charge in [0.05, 0.1) is 13.7 Å².